The van der Waals surface area contributed by atoms with Gasteiger partial charge in [0, 0.05) is 42.2 Å². The van der Waals surface area contributed by atoms with Gasteiger partial charge in [-0.25, -0.2) is 18.4 Å². The van der Waals surface area contributed by atoms with Crippen molar-refractivity contribution in [3.63, 3.8) is 0 Å². The molecule has 2 amide bonds. The molecule has 0 saturated carbocycles. The van der Waals surface area contributed by atoms with Crippen LogP contribution in [0.25, 0.3) is 10.9 Å². The van der Waals surface area contributed by atoms with E-state index in [0.29, 0.717) is 42.2 Å². The lowest BCUT2D eigenvalue weighted by Gasteiger charge is -2.26. The summed E-state index contributed by atoms with van der Waals surface area (Å²) in [5.41, 5.74) is 2.03. The van der Waals surface area contributed by atoms with Gasteiger partial charge in [0.2, 0.25) is 11.9 Å². The van der Waals surface area contributed by atoms with Gasteiger partial charge in [0.15, 0.2) is 9.84 Å². The van der Waals surface area contributed by atoms with Crippen LogP contribution in [0.3, 0.4) is 0 Å². The molecule has 3 aromatic rings. The quantitative estimate of drug-likeness (QED) is 0.506. The molecule has 10 heteroatoms. The number of hydrogen-bond acceptors (Lipinski definition) is 7. The van der Waals surface area contributed by atoms with Crippen molar-refractivity contribution in [2.75, 3.05) is 30.0 Å². The monoisotopic (exact) mass is 493 g/mol. The molecular weight excluding hydrogens is 466 g/mol. The van der Waals surface area contributed by atoms with E-state index >= 15 is 0 Å². The second-order valence-corrected chi connectivity index (χ2v) is 11.1. The summed E-state index contributed by atoms with van der Waals surface area (Å²) in [5.74, 6) is -0.0347. The second-order valence-electron chi connectivity index (χ2n) is 9.07. The number of anilines is 2. The van der Waals surface area contributed by atoms with Crippen molar-refractivity contribution in [2.45, 2.75) is 30.7 Å². The van der Waals surface area contributed by atoms with Gasteiger partial charge in [-0.1, -0.05) is 6.58 Å². The topological polar surface area (TPSA) is 121 Å². The first kappa shape index (κ1) is 24.3. The maximum Gasteiger partial charge on any atom is 0.253 e. The number of aryl methyl sites for hydroxylation is 1. The number of nitrogens with zero attached hydrogens (tertiary/aromatic N) is 3. The lowest BCUT2D eigenvalue weighted by atomic mass is 10.0. The SMILES string of the molecule is C=CC(=O)Nc1ccc(C(=O)N2CC[C@@](C)(Nc3ncc4ccc(S(C)(=O)=O)cc4n3)C2)cc1C. The van der Waals surface area contributed by atoms with Crippen LogP contribution < -0.4 is 10.6 Å². The molecule has 35 heavy (non-hydrogen) atoms. The smallest absolute Gasteiger partial charge is 0.253 e. The lowest BCUT2D eigenvalue weighted by Crippen LogP contribution is -2.40. The minimum absolute atomic E-state index is 0.0996. The highest BCUT2D eigenvalue weighted by Crippen LogP contribution is 2.28. The van der Waals surface area contributed by atoms with Gasteiger partial charge >= 0.3 is 0 Å². The Bertz CT molecular complexity index is 1450. The van der Waals surface area contributed by atoms with Gasteiger partial charge in [-0.15, -0.1) is 0 Å². The molecule has 0 bridgehead atoms. The fourth-order valence-corrected chi connectivity index (χ4v) is 4.74. The molecule has 0 aliphatic carbocycles. The number of likely N-dealkylation sites (tertiary alicyclic amines) is 1. The molecule has 1 aromatic heterocycles. The fraction of sp³-hybridized carbons (Fsp3) is 0.280. The highest BCUT2D eigenvalue weighted by Gasteiger charge is 2.37. The summed E-state index contributed by atoms with van der Waals surface area (Å²) in [4.78, 5) is 35.6. The molecule has 1 aliphatic rings. The molecule has 2 N–H and O–H groups in total. The van der Waals surface area contributed by atoms with E-state index in [1.54, 1.807) is 35.4 Å². The predicted molar refractivity (Wildman–Crippen MR) is 135 cm³/mol. The van der Waals surface area contributed by atoms with Crippen molar-refractivity contribution < 1.29 is 18.0 Å². The molecular formula is C25H27N5O4S. The number of nitrogens with one attached hydrogen (secondary N) is 2. The van der Waals surface area contributed by atoms with Gasteiger partial charge in [-0.05, 0) is 68.3 Å². The first-order chi connectivity index (χ1) is 16.5. The van der Waals surface area contributed by atoms with E-state index < -0.39 is 15.4 Å². The van der Waals surface area contributed by atoms with Crippen molar-refractivity contribution in [1.82, 2.24) is 14.9 Å². The van der Waals surface area contributed by atoms with Crippen LogP contribution in [0.5, 0.6) is 0 Å². The second kappa shape index (κ2) is 9.10. The van der Waals surface area contributed by atoms with E-state index in [0.717, 1.165) is 17.2 Å². The van der Waals surface area contributed by atoms with E-state index in [1.165, 1.54) is 18.2 Å². The van der Waals surface area contributed by atoms with Crippen molar-refractivity contribution >= 4 is 44.2 Å². The highest BCUT2D eigenvalue weighted by molar-refractivity contribution is 7.90. The Balaban J connectivity index is 1.48. The fourth-order valence-electron chi connectivity index (χ4n) is 4.10. The third-order valence-electron chi connectivity index (χ3n) is 6.07. The minimum atomic E-state index is -3.35. The summed E-state index contributed by atoms with van der Waals surface area (Å²) in [6.45, 7) is 8.28. The summed E-state index contributed by atoms with van der Waals surface area (Å²) in [6, 6.07) is 9.93. The Morgan fingerprint density at radius 1 is 1.20 bits per heavy atom. The van der Waals surface area contributed by atoms with Crippen molar-refractivity contribution in [2.24, 2.45) is 0 Å². The minimum Gasteiger partial charge on any atom is -0.347 e. The van der Waals surface area contributed by atoms with Crippen LogP contribution in [0.2, 0.25) is 0 Å². The maximum absolute atomic E-state index is 13.1. The van der Waals surface area contributed by atoms with E-state index in [9.17, 15) is 18.0 Å². The zero-order chi connectivity index (χ0) is 25.4. The summed E-state index contributed by atoms with van der Waals surface area (Å²) in [7, 11) is -3.35. The molecule has 2 aromatic carbocycles. The molecule has 0 radical (unpaired) electrons. The molecule has 4 rings (SSSR count). The van der Waals surface area contributed by atoms with E-state index in [4.69, 9.17) is 0 Å². The molecule has 1 aliphatic heterocycles. The Hall–Kier alpha value is -3.79. The van der Waals surface area contributed by atoms with Crippen LogP contribution >= 0.6 is 0 Å². The zero-order valence-corrected chi connectivity index (χ0v) is 20.6. The van der Waals surface area contributed by atoms with E-state index in [1.807, 2.05) is 13.8 Å². The average Bonchev–Trinajstić information content (AvgIpc) is 3.20. The van der Waals surface area contributed by atoms with Gasteiger partial charge in [0.1, 0.15) is 0 Å². The largest absolute Gasteiger partial charge is 0.347 e. The Kier molecular flexibility index (Phi) is 6.33. The predicted octanol–water partition coefficient (Wildman–Crippen LogP) is 3.18. The van der Waals surface area contributed by atoms with Gasteiger partial charge < -0.3 is 15.5 Å². The number of sulfone groups is 1. The zero-order valence-electron chi connectivity index (χ0n) is 19.8. The highest BCUT2D eigenvalue weighted by atomic mass is 32.2. The lowest BCUT2D eigenvalue weighted by molar-refractivity contribution is -0.111. The molecule has 1 saturated heterocycles. The number of benzene rings is 2. The summed E-state index contributed by atoms with van der Waals surface area (Å²) >= 11 is 0. The summed E-state index contributed by atoms with van der Waals surface area (Å²) in [6.07, 6.45) is 4.69. The van der Waals surface area contributed by atoms with Gasteiger partial charge in [-0.3, -0.25) is 9.59 Å². The normalized spacial score (nSPS) is 17.9. The average molecular weight is 494 g/mol. The third-order valence-corrected chi connectivity index (χ3v) is 7.18. The van der Waals surface area contributed by atoms with Crippen LogP contribution in [0, 0.1) is 6.92 Å². The van der Waals surface area contributed by atoms with Gasteiger partial charge in [0.05, 0.1) is 16.0 Å². The molecule has 1 fully saturated rings. The maximum atomic E-state index is 13.1. The molecule has 0 unspecified atom stereocenters. The van der Waals surface area contributed by atoms with Gasteiger partial charge in [0.25, 0.3) is 5.91 Å². The number of amides is 2. The van der Waals surface area contributed by atoms with Crippen molar-refractivity contribution in [3.8, 4) is 0 Å². The standard InChI is InChI=1S/C25H27N5O4S/c1-5-22(31)27-20-9-7-17(12-16(20)2)23(32)30-11-10-25(3,15-30)29-24-26-14-18-6-8-19(35(4,33)34)13-21(18)28-24/h5-9,12-14H,1,10-11,15H2,2-4H3,(H,27,31)(H,26,28,29)/t25-/m1/s1. The number of carbonyl (C=O) groups excluding carboxylic acids is 2. The number of fused-ring (bicyclic) bond motifs is 1. The van der Waals surface area contributed by atoms with Crippen LogP contribution in [0.4, 0.5) is 11.6 Å². The number of rotatable bonds is 6. The van der Waals surface area contributed by atoms with Gasteiger partial charge in [-0.2, -0.15) is 0 Å². The molecule has 1 atom stereocenters. The van der Waals surface area contributed by atoms with Crippen molar-refractivity contribution in [1.29, 1.82) is 0 Å². The van der Waals surface area contributed by atoms with E-state index in [2.05, 4.69) is 27.2 Å². The van der Waals surface area contributed by atoms with Crippen LogP contribution in [-0.2, 0) is 14.6 Å². The van der Waals surface area contributed by atoms with Crippen LogP contribution in [0.15, 0.2) is 60.1 Å². The molecule has 182 valence electrons. The number of carbonyl (C=O) groups is 2. The first-order valence-electron chi connectivity index (χ1n) is 11.1. The van der Waals surface area contributed by atoms with Crippen molar-refractivity contribution in [3.05, 3.63) is 66.4 Å². The number of aromatic nitrogens is 2. The molecule has 0 spiro atoms. The Morgan fingerprint density at radius 2 is 1.97 bits per heavy atom. The third kappa shape index (κ3) is 5.32. The molecule has 9 nitrogen and oxygen atoms in total. The Labute approximate surface area is 204 Å². The Morgan fingerprint density at radius 3 is 2.66 bits per heavy atom. The number of hydrogen-bond donors (Lipinski definition) is 2. The first-order valence-corrected chi connectivity index (χ1v) is 12.9. The summed E-state index contributed by atoms with van der Waals surface area (Å²) < 4.78 is 23.8. The van der Waals surface area contributed by atoms with Crippen LogP contribution in [0.1, 0.15) is 29.3 Å². The summed E-state index contributed by atoms with van der Waals surface area (Å²) in [5, 5.41) is 6.79. The molecule has 2 heterocycles. The van der Waals surface area contributed by atoms with Crippen LogP contribution in [-0.4, -0.2) is 60.0 Å². The van der Waals surface area contributed by atoms with E-state index in [-0.39, 0.29) is 16.7 Å².